The van der Waals surface area contributed by atoms with Gasteiger partial charge in [0, 0.05) is 22.7 Å². The first-order valence-corrected chi connectivity index (χ1v) is 7.51. The second-order valence-electron chi connectivity index (χ2n) is 5.10. The van der Waals surface area contributed by atoms with Crippen LogP contribution in [0.1, 0.15) is 20.3 Å². The van der Waals surface area contributed by atoms with E-state index in [1.54, 1.807) is 18.2 Å². The Morgan fingerprint density at radius 1 is 1.27 bits per heavy atom. The molecule has 1 unspecified atom stereocenters. The molecule has 0 fully saturated rings. The molecule has 0 radical (unpaired) electrons. The Balaban J connectivity index is 2.22. The molecule has 116 valence electrons. The fraction of sp³-hybridized carbons (Fsp3) is 0.312. The smallest absolute Gasteiger partial charge is 0.267 e. The Hall–Kier alpha value is -2.14. The summed E-state index contributed by atoms with van der Waals surface area (Å²) in [6.45, 7) is 3.80. The maximum Gasteiger partial charge on any atom is 0.267 e. The monoisotopic (exact) mass is 319 g/mol. The van der Waals surface area contributed by atoms with Crippen molar-refractivity contribution in [3.63, 3.8) is 0 Å². The molecule has 2 aromatic rings. The predicted octanol–water partition coefficient (Wildman–Crippen LogP) is 2.48. The number of hydrogen-bond acceptors (Lipinski definition) is 3. The third-order valence-electron chi connectivity index (χ3n) is 3.32. The first-order valence-electron chi connectivity index (χ1n) is 7.13. The van der Waals surface area contributed by atoms with Crippen molar-refractivity contribution in [1.29, 1.82) is 0 Å². The summed E-state index contributed by atoms with van der Waals surface area (Å²) >= 11 is 5.86. The molecule has 1 aromatic heterocycles. The van der Waals surface area contributed by atoms with Gasteiger partial charge >= 0.3 is 0 Å². The van der Waals surface area contributed by atoms with E-state index in [0.29, 0.717) is 10.7 Å². The number of halogens is 1. The minimum atomic E-state index is -0.308. The summed E-state index contributed by atoms with van der Waals surface area (Å²) < 4.78 is 1.17. The Bertz CT molecular complexity index is 710. The lowest BCUT2D eigenvalue weighted by Crippen LogP contribution is -2.37. The minimum absolute atomic E-state index is 0.0719. The van der Waals surface area contributed by atoms with Gasteiger partial charge in [-0.15, -0.1) is 0 Å². The van der Waals surface area contributed by atoms with Crippen LogP contribution >= 0.6 is 11.6 Å². The van der Waals surface area contributed by atoms with Gasteiger partial charge in [0.05, 0.1) is 5.69 Å². The van der Waals surface area contributed by atoms with E-state index in [1.807, 2.05) is 26.0 Å². The van der Waals surface area contributed by atoms with Crippen molar-refractivity contribution in [2.24, 2.45) is 0 Å². The summed E-state index contributed by atoms with van der Waals surface area (Å²) in [5.74, 6) is -0.225. The van der Waals surface area contributed by atoms with Gasteiger partial charge in [-0.05, 0) is 31.5 Å². The molecule has 1 N–H and O–H groups in total. The molecule has 0 saturated heterocycles. The van der Waals surface area contributed by atoms with Crippen LogP contribution in [0.4, 0.5) is 0 Å². The van der Waals surface area contributed by atoms with Gasteiger partial charge in [0.1, 0.15) is 6.54 Å². The number of carbonyl (C=O) groups excluding carboxylic acids is 1. The zero-order chi connectivity index (χ0) is 16.1. The second-order valence-corrected chi connectivity index (χ2v) is 5.53. The van der Waals surface area contributed by atoms with Crippen LogP contribution in [0.3, 0.4) is 0 Å². The third-order valence-corrected chi connectivity index (χ3v) is 3.57. The van der Waals surface area contributed by atoms with E-state index in [4.69, 9.17) is 11.6 Å². The fourth-order valence-electron chi connectivity index (χ4n) is 1.90. The standard InChI is InChI=1S/C16H18ClN3O2/c1-3-11(2)18-15(21)10-20-16(22)9-8-14(19-20)12-4-6-13(17)7-5-12/h4-9,11H,3,10H2,1-2H3,(H,18,21). The second kappa shape index (κ2) is 7.22. The molecule has 0 aliphatic rings. The summed E-state index contributed by atoms with van der Waals surface area (Å²) in [5, 5.41) is 7.69. The molecule has 2 rings (SSSR count). The zero-order valence-corrected chi connectivity index (χ0v) is 13.3. The SMILES string of the molecule is CCC(C)NC(=O)Cn1nc(-c2ccc(Cl)cc2)ccc1=O. The van der Waals surface area contributed by atoms with Crippen molar-refractivity contribution in [3.05, 3.63) is 51.8 Å². The molecule has 1 atom stereocenters. The molecule has 6 heteroatoms. The maximum absolute atomic E-state index is 11.9. The predicted molar refractivity (Wildman–Crippen MR) is 86.8 cm³/mol. The number of carbonyl (C=O) groups is 1. The van der Waals surface area contributed by atoms with E-state index in [2.05, 4.69) is 10.4 Å². The summed E-state index contributed by atoms with van der Waals surface area (Å²) in [5.41, 5.74) is 1.14. The molecule has 22 heavy (non-hydrogen) atoms. The van der Waals surface area contributed by atoms with Crippen LogP contribution in [0.2, 0.25) is 5.02 Å². The van der Waals surface area contributed by atoms with Crippen LogP contribution < -0.4 is 10.9 Å². The largest absolute Gasteiger partial charge is 0.352 e. The molecule has 1 amide bonds. The lowest BCUT2D eigenvalue weighted by atomic mass is 10.1. The zero-order valence-electron chi connectivity index (χ0n) is 12.5. The number of benzene rings is 1. The van der Waals surface area contributed by atoms with Crippen molar-refractivity contribution in [3.8, 4) is 11.3 Å². The summed E-state index contributed by atoms with van der Waals surface area (Å²) in [7, 11) is 0. The molecule has 0 aliphatic carbocycles. The first kappa shape index (κ1) is 16.2. The third kappa shape index (κ3) is 4.18. The van der Waals surface area contributed by atoms with Crippen LogP contribution in [0.15, 0.2) is 41.2 Å². The molecule has 0 saturated carbocycles. The van der Waals surface area contributed by atoms with E-state index in [1.165, 1.54) is 10.7 Å². The lowest BCUT2D eigenvalue weighted by molar-refractivity contribution is -0.122. The van der Waals surface area contributed by atoms with Crippen molar-refractivity contribution in [2.45, 2.75) is 32.9 Å². The van der Waals surface area contributed by atoms with Crippen molar-refractivity contribution in [1.82, 2.24) is 15.1 Å². The van der Waals surface area contributed by atoms with Crippen LogP contribution in [0, 0.1) is 0 Å². The van der Waals surface area contributed by atoms with Gasteiger partial charge in [-0.1, -0.05) is 30.7 Å². The summed E-state index contributed by atoms with van der Waals surface area (Å²) in [6.07, 6.45) is 0.832. The summed E-state index contributed by atoms with van der Waals surface area (Å²) in [4.78, 5) is 23.7. The van der Waals surface area contributed by atoms with E-state index in [-0.39, 0.29) is 24.1 Å². The van der Waals surface area contributed by atoms with Gasteiger partial charge in [-0.3, -0.25) is 9.59 Å². The van der Waals surface area contributed by atoms with Crippen molar-refractivity contribution < 1.29 is 4.79 Å². The highest BCUT2D eigenvalue weighted by Crippen LogP contribution is 2.18. The Labute approximate surface area is 133 Å². The van der Waals surface area contributed by atoms with Crippen molar-refractivity contribution >= 4 is 17.5 Å². The van der Waals surface area contributed by atoms with E-state index in [9.17, 15) is 9.59 Å². The van der Waals surface area contributed by atoms with Gasteiger partial charge in [0.2, 0.25) is 5.91 Å². The van der Waals surface area contributed by atoms with E-state index in [0.717, 1.165) is 12.0 Å². The molecular formula is C16H18ClN3O2. The average molecular weight is 320 g/mol. The minimum Gasteiger partial charge on any atom is -0.352 e. The molecule has 1 aromatic carbocycles. The molecule has 1 heterocycles. The highest BCUT2D eigenvalue weighted by atomic mass is 35.5. The summed E-state index contributed by atoms with van der Waals surface area (Å²) in [6, 6.07) is 10.3. The van der Waals surface area contributed by atoms with Crippen LogP contribution in [-0.4, -0.2) is 21.7 Å². The number of nitrogens with zero attached hydrogens (tertiary/aromatic N) is 2. The number of amides is 1. The number of rotatable bonds is 5. The molecular weight excluding hydrogens is 302 g/mol. The van der Waals surface area contributed by atoms with Crippen LogP contribution in [0.25, 0.3) is 11.3 Å². The van der Waals surface area contributed by atoms with Crippen LogP contribution in [-0.2, 0) is 11.3 Å². The Kier molecular flexibility index (Phi) is 5.33. The Morgan fingerprint density at radius 2 is 1.95 bits per heavy atom. The topological polar surface area (TPSA) is 64.0 Å². The van der Waals surface area contributed by atoms with Gasteiger partial charge in [0.15, 0.2) is 0 Å². The average Bonchev–Trinajstić information content (AvgIpc) is 2.50. The van der Waals surface area contributed by atoms with E-state index >= 15 is 0 Å². The molecule has 5 nitrogen and oxygen atoms in total. The molecule has 0 bridgehead atoms. The van der Waals surface area contributed by atoms with E-state index < -0.39 is 0 Å². The van der Waals surface area contributed by atoms with Gasteiger partial charge in [-0.2, -0.15) is 5.10 Å². The lowest BCUT2D eigenvalue weighted by Gasteiger charge is -2.12. The normalized spacial score (nSPS) is 12.0. The number of hydrogen-bond donors (Lipinski definition) is 1. The quantitative estimate of drug-likeness (QED) is 0.921. The van der Waals surface area contributed by atoms with Crippen LogP contribution in [0.5, 0.6) is 0 Å². The van der Waals surface area contributed by atoms with Gasteiger partial charge in [0.25, 0.3) is 5.56 Å². The maximum atomic E-state index is 11.9. The highest BCUT2D eigenvalue weighted by molar-refractivity contribution is 6.30. The van der Waals surface area contributed by atoms with Gasteiger partial charge < -0.3 is 5.32 Å². The Morgan fingerprint density at radius 3 is 2.59 bits per heavy atom. The van der Waals surface area contributed by atoms with Gasteiger partial charge in [-0.25, -0.2) is 4.68 Å². The first-order chi connectivity index (χ1) is 10.5. The highest BCUT2D eigenvalue weighted by Gasteiger charge is 2.09. The molecule has 0 spiro atoms. The number of nitrogens with one attached hydrogen (secondary N) is 1. The van der Waals surface area contributed by atoms with Crippen molar-refractivity contribution in [2.75, 3.05) is 0 Å². The molecule has 0 aliphatic heterocycles. The fourth-order valence-corrected chi connectivity index (χ4v) is 2.02. The number of aromatic nitrogens is 2.